The molecular formula is C19H20ClFN6O3. The number of anilines is 1. The monoisotopic (exact) mass is 434 g/mol. The van der Waals surface area contributed by atoms with E-state index in [-0.39, 0.29) is 17.0 Å². The van der Waals surface area contributed by atoms with Gasteiger partial charge in [0.25, 0.3) is 5.56 Å². The molecule has 158 valence electrons. The first kappa shape index (κ1) is 20.1. The Labute approximate surface area is 175 Å². The zero-order valence-corrected chi connectivity index (χ0v) is 17.2. The van der Waals surface area contributed by atoms with Crippen molar-refractivity contribution in [3.05, 3.63) is 55.7 Å². The Bertz CT molecular complexity index is 1260. The van der Waals surface area contributed by atoms with Gasteiger partial charge >= 0.3 is 11.7 Å². The number of nitrogens with zero attached hydrogens (tertiary/aromatic N) is 4. The minimum Gasteiger partial charge on any atom is -0.336 e. The summed E-state index contributed by atoms with van der Waals surface area (Å²) in [5, 5.41) is 2.66. The van der Waals surface area contributed by atoms with E-state index in [1.807, 2.05) is 0 Å². The van der Waals surface area contributed by atoms with Crippen LogP contribution in [0.15, 0.2) is 27.8 Å². The molecule has 1 fully saturated rings. The fraction of sp³-hybridized carbons (Fsp3) is 0.368. The van der Waals surface area contributed by atoms with Crippen molar-refractivity contribution < 1.29 is 9.18 Å². The van der Waals surface area contributed by atoms with Crippen LogP contribution in [0.4, 0.5) is 14.9 Å². The number of nitrogens with one attached hydrogen (secondary N) is 2. The number of hydrogen-bond donors (Lipinski definition) is 2. The van der Waals surface area contributed by atoms with Crippen LogP contribution in [0.1, 0.15) is 24.6 Å². The van der Waals surface area contributed by atoms with Crippen molar-refractivity contribution in [1.29, 1.82) is 0 Å². The fourth-order valence-electron chi connectivity index (χ4n) is 3.67. The number of likely N-dealkylation sites (tertiary alicyclic amines) is 1. The molecule has 30 heavy (non-hydrogen) atoms. The van der Waals surface area contributed by atoms with E-state index in [1.165, 1.54) is 29.8 Å². The highest BCUT2D eigenvalue weighted by molar-refractivity contribution is 6.31. The largest absolute Gasteiger partial charge is 0.336 e. The number of fused-ring (bicyclic) bond motifs is 1. The molecular weight excluding hydrogens is 415 g/mol. The number of urea groups is 1. The second kappa shape index (κ2) is 7.60. The molecule has 1 aliphatic rings. The maximum atomic E-state index is 13.3. The first-order chi connectivity index (χ1) is 14.3. The summed E-state index contributed by atoms with van der Waals surface area (Å²) in [6.07, 6.45) is 1.29. The molecule has 0 aliphatic carbocycles. The molecule has 0 radical (unpaired) electrons. The number of amides is 2. The molecule has 0 bridgehead atoms. The molecule has 1 aliphatic heterocycles. The van der Waals surface area contributed by atoms with Gasteiger partial charge in [-0.3, -0.25) is 13.9 Å². The molecule has 2 amide bonds. The van der Waals surface area contributed by atoms with Crippen LogP contribution in [-0.2, 0) is 14.1 Å². The van der Waals surface area contributed by atoms with Gasteiger partial charge in [0.15, 0.2) is 5.65 Å². The molecule has 2 aromatic heterocycles. The average Bonchev–Trinajstić information content (AvgIpc) is 3.19. The van der Waals surface area contributed by atoms with E-state index in [9.17, 15) is 18.8 Å². The number of carbonyl (C=O) groups excluding carboxylic acids is 1. The zero-order valence-electron chi connectivity index (χ0n) is 16.4. The lowest BCUT2D eigenvalue weighted by Gasteiger charge is -2.31. The van der Waals surface area contributed by atoms with Crippen molar-refractivity contribution in [2.75, 3.05) is 18.4 Å². The number of aromatic amines is 1. The van der Waals surface area contributed by atoms with Gasteiger partial charge in [-0.2, -0.15) is 0 Å². The number of halogens is 2. The molecule has 1 saturated heterocycles. The van der Waals surface area contributed by atoms with E-state index in [0.717, 1.165) is 4.57 Å². The summed E-state index contributed by atoms with van der Waals surface area (Å²) in [6, 6.07) is 3.71. The molecule has 3 aromatic rings. The maximum absolute atomic E-state index is 13.3. The number of rotatable bonds is 2. The van der Waals surface area contributed by atoms with Crippen LogP contribution in [0.3, 0.4) is 0 Å². The Kier molecular flexibility index (Phi) is 5.10. The number of hydrogen-bond acceptors (Lipinski definition) is 4. The lowest BCUT2D eigenvalue weighted by atomic mass is 9.96. The van der Waals surface area contributed by atoms with E-state index in [4.69, 9.17) is 11.6 Å². The van der Waals surface area contributed by atoms with Crippen LogP contribution in [-0.4, -0.2) is 43.1 Å². The maximum Gasteiger partial charge on any atom is 0.332 e. The SMILES string of the molecule is Cn1c(=O)c2[nH]c(C3CCN(C(=O)Nc4ccc(F)c(Cl)c4)CC3)nc2n(C)c1=O. The lowest BCUT2D eigenvalue weighted by Crippen LogP contribution is -2.40. The molecule has 0 spiro atoms. The fourth-order valence-corrected chi connectivity index (χ4v) is 3.85. The lowest BCUT2D eigenvalue weighted by molar-refractivity contribution is 0.193. The van der Waals surface area contributed by atoms with E-state index in [1.54, 1.807) is 11.9 Å². The van der Waals surface area contributed by atoms with E-state index in [2.05, 4.69) is 15.3 Å². The second-order valence-electron chi connectivity index (χ2n) is 7.35. The number of imidazole rings is 1. The van der Waals surface area contributed by atoms with Crippen molar-refractivity contribution in [1.82, 2.24) is 24.0 Å². The number of carbonyl (C=O) groups is 1. The third-order valence-electron chi connectivity index (χ3n) is 5.45. The molecule has 0 saturated carbocycles. The van der Waals surface area contributed by atoms with E-state index in [0.29, 0.717) is 48.6 Å². The summed E-state index contributed by atoms with van der Waals surface area (Å²) in [5.74, 6) is 0.115. The van der Waals surface area contributed by atoms with Crippen LogP contribution in [0.2, 0.25) is 5.02 Å². The number of piperidine rings is 1. The predicted octanol–water partition coefficient (Wildman–Crippen LogP) is 2.16. The molecule has 4 rings (SSSR count). The minimum atomic E-state index is -0.548. The predicted molar refractivity (Wildman–Crippen MR) is 111 cm³/mol. The van der Waals surface area contributed by atoms with Crippen LogP contribution in [0, 0.1) is 5.82 Å². The van der Waals surface area contributed by atoms with Crippen LogP contribution < -0.4 is 16.6 Å². The van der Waals surface area contributed by atoms with E-state index >= 15 is 0 Å². The summed E-state index contributed by atoms with van der Waals surface area (Å²) in [4.78, 5) is 46.1. The molecule has 9 nitrogen and oxygen atoms in total. The van der Waals surface area contributed by atoms with Crippen molar-refractivity contribution in [2.45, 2.75) is 18.8 Å². The molecule has 0 unspecified atom stereocenters. The first-order valence-electron chi connectivity index (χ1n) is 9.43. The highest BCUT2D eigenvalue weighted by Crippen LogP contribution is 2.27. The average molecular weight is 435 g/mol. The highest BCUT2D eigenvalue weighted by Gasteiger charge is 2.27. The van der Waals surface area contributed by atoms with Crippen molar-refractivity contribution in [2.24, 2.45) is 14.1 Å². The number of H-pyrrole nitrogens is 1. The Morgan fingerprint density at radius 3 is 2.60 bits per heavy atom. The van der Waals surface area contributed by atoms with Crippen molar-refractivity contribution >= 4 is 34.5 Å². The Hall–Kier alpha value is -3.14. The van der Waals surface area contributed by atoms with Gasteiger partial charge in [0.2, 0.25) is 0 Å². The summed E-state index contributed by atoms with van der Waals surface area (Å²) in [6.45, 7) is 0.971. The van der Waals surface area contributed by atoms with Crippen LogP contribution >= 0.6 is 11.6 Å². The standard InChI is InChI=1S/C19H20ClFN6O3/c1-25-16-14(17(28)26(2)19(25)30)23-15(24-16)10-5-7-27(8-6-10)18(29)22-11-3-4-13(21)12(20)9-11/h3-4,9-10H,5-8H2,1-2H3,(H,22,29)(H,23,24). The minimum absolute atomic E-state index is 0.0292. The summed E-state index contributed by atoms with van der Waals surface area (Å²) in [5.41, 5.74) is 0.191. The van der Waals surface area contributed by atoms with Gasteiger partial charge < -0.3 is 15.2 Å². The zero-order chi connectivity index (χ0) is 21.6. The van der Waals surface area contributed by atoms with Gasteiger partial charge in [0, 0.05) is 38.8 Å². The summed E-state index contributed by atoms with van der Waals surface area (Å²) in [7, 11) is 3.00. The van der Waals surface area contributed by atoms with Gasteiger partial charge in [-0.15, -0.1) is 0 Å². The molecule has 11 heteroatoms. The third kappa shape index (κ3) is 3.47. The van der Waals surface area contributed by atoms with Gasteiger partial charge in [0.05, 0.1) is 5.02 Å². The third-order valence-corrected chi connectivity index (χ3v) is 5.74. The van der Waals surface area contributed by atoms with Gasteiger partial charge in [-0.25, -0.2) is 19.0 Å². The molecule has 0 atom stereocenters. The highest BCUT2D eigenvalue weighted by atomic mass is 35.5. The molecule has 1 aromatic carbocycles. The normalized spacial score (nSPS) is 15.0. The van der Waals surface area contributed by atoms with Gasteiger partial charge in [-0.1, -0.05) is 11.6 Å². The van der Waals surface area contributed by atoms with Crippen molar-refractivity contribution in [3.8, 4) is 0 Å². The number of aromatic nitrogens is 4. The number of aryl methyl sites for hydroxylation is 1. The summed E-state index contributed by atoms with van der Waals surface area (Å²) >= 11 is 5.75. The Morgan fingerprint density at radius 1 is 1.23 bits per heavy atom. The second-order valence-corrected chi connectivity index (χ2v) is 7.75. The Balaban J connectivity index is 1.47. The molecule has 3 heterocycles. The Morgan fingerprint density at radius 2 is 1.93 bits per heavy atom. The van der Waals surface area contributed by atoms with Gasteiger partial charge in [0.1, 0.15) is 17.2 Å². The van der Waals surface area contributed by atoms with Crippen molar-refractivity contribution in [3.63, 3.8) is 0 Å². The topological polar surface area (TPSA) is 105 Å². The smallest absolute Gasteiger partial charge is 0.332 e. The van der Waals surface area contributed by atoms with Crippen LogP contribution in [0.25, 0.3) is 11.2 Å². The molecule has 2 N–H and O–H groups in total. The quantitative estimate of drug-likeness (QED) is 0.644. The number of benzene rings is 1. The van der Waals surface area contributed by atoms with Gasteiger partial charge in [-0.05, 0) is 31.0 Å². The first-order valence-corrected chi connectivity index (χ1v) is 9.80. The van der Waals surface area contributed by atoms with E-state index < -0.39 is 17.1 Å². The summed E-state index contributed by atoms with van der Waals surface area (Å²) < 4.78 is 15.6. The van der Waals surface area contributed by atoms with Crippen LogP contribution in [0.5, 0.6) is 0 Å².